The second-order valence-corrected chi connectivity index (χ2v) is 5.77. The first-order valence-electron chi connectivity index (χ1n) is 6.22. The Balaban J connectivity index is 1.75. The number of amides is 1. The molecule has 1 unspecified atom stereocenters. The lowest BCUT2D eigenvalue weighted by Gasteiger charge is -2.22. The number of hydrogen-bond acceptors (Lipinski definition) is 4. The molecule has 1 atom stereocenters. The van der Waals surface area contributed by atoms with Gasteiger partial charge in [-0.3, -0.25) is 9.48 Å². The van der Waals surface area contributed by atoms with E-state index in [-0.39, 0.29) is 5.91 Å². The Morgan fingerprint density at radius 3 is 3.17 bits per heavy atom. The van der Waals surface area contributed by atoms with Gasteiger partial charge in [0.1, 0.15) is 0 Å². The number of rotatable bonds is 4. The largest absolute Gasteiger partial charge is 0.352 e. The third-order valence-corrected chi connectivity index (χ3v) is 4.15. The summed E-state index contributed by atoms with van der Waals surface area (Å²) < 4.78 is 1.77. The number of nitrogens with zero attached hydrogens (tertiary/aromatic N) is 2. The molecule has 0 aliphatic carbocycles. The van der Waals surface area contributed by atoms with Crippen molar-refractivity contribution in [2.24, 2.45) is 7.05 Å². The lowest BCUT2D eigenvalue weighted by Crippen LogP contribution is -2.41. The summed E-state index contributed by atoms with van der Waals surface area (Å²) in [5, 5.41) is 10.6. The molecular weight excluding hydrogens is 248 g/mol. The number of nitrogens with one attached hydrogen (secondary N) is 2. The normalized spacial score (nSPS) is 19.8. The van der Waals surface area contributed by atoms with Gasteiger partial charge in [0, 0.05) is 55.9 Å². The third kappa shape index (κ3) is 3.74. The predicted octanol–water partition coefficient (Wildman–Crippen LogP) is 0.440. The van der Waals surface area contributed by atoms with E-state index >= 15 is 0 Å². The molecule has 100 valence electrons. The summed E-state index contributed by atoms with van der Waals surface area (Å²) in [6.45, 7) is 3.53. The number of thioether (sulfide) groups is 1. The van der Waals surface area contributed by atoms with Crippen molar-refractivity contribution in [2.45, 2.75) is 25.9 Å². The molecule has 5 nitrogen and oxygen atoms in total. The van der Waals surface area contributed by atoms with E-state index < -0.39 is 0 Å². The second-order valence-electron chi connectivity index (χ2n) is 4.62. The molecule has 2 heterocycles. The Hall–Kier alpha value is -1.01. The fourth-order valence-electron chi connectivity index (χ4n) is 2.06. The Morgan fingerprint density at radius 1 is 1.72 bits per heavy atom. The van der Waals surface area contributed by atoms with Crippen molar-refractivity contribution in [1.29, 1.82) is 0 Å². The van der Waals surface area contributed by atoms with E-state index in [0.29, 0.717) is 19.0 Å². The molecule has 2 N–H and O–H groups in total. The van der Waals surface area contributed by atoms with Gasteiger partial charge in [-0.15, -0.1) is 0 Å². The van der Waals surface area contributed by atoms with Gasteiger partial charge < -0.3 is 10.6 Å². The van der Waals surface area contributed by atoms with Crippen LogP contribution in [0.3, 0.4) is 0 Å². The summed E-state index contributed by atoms with van der Waals surface area (Å²) in [5.41, 5.74) is 2.06. The number of carbonyl (C=O) groups excluding carboxylic acids is 1. The van der Waals surface area contributed by atoms with Gasteiger partial charge in [-0.1, -0.05) is 0 Å². The summed E-state index contributed by atoms with van der Waals surface area (Å²) >= 11 is 1.91. The van der Waals surface area contributed by atoms with Gasteiger partial charge in [-0.05, 0) is 6.92 Å². The molecule has 6 heteroatoms. The molecule has 1 aliphatic heterocycles. The van der Waals surface area contributed by atoms with Crippen LogP contribution < -0.4 is 10.6 Å². The van der Waals surface area contributed by atoms with Gasteiger partial charge in [0.15, 0.2) is 0 Å². The Bertz CT molecular complexity index is 412. The second kappa shape index (κ2) is 6.24. The minimum absolute atomic E-state index is 0.109. The van der Waals surface area contributed by atoms with E-state index in [1.165, 1.54) is 0 Å². The Kier molecular flexibility index (Phi) is 4.66. The summed E-state index contributed by atoms with van der Waals surface area (Å²) in [4.78, 5) is 11.8. The highest BCUT2D eigenvalue weighted by Gasteiger charge is 2.16. The molecule has 0 saturated carbocycles. The molecule has 0 spiro atoms. The first kappa shape index (κ1) is 13.4. The molecule has 2 rings (SSSR count). The molecule has 1 amide bonds. The molecule has 1 saturated heterocycles. The maximum Gasteiger partial charge on any atom is 0.221 e. The third-order valence-electron chi connectivity index (χ3n) is 3.02. The van der Waals surface area contributed by atoms with Crippen molar-refractivity contribution in [3.8, 4) is 0 Å². The van der Waals surface area contributed by atoms with Crippen LogP contribution in [0.5, 0.6) is 0 Å². The number of aryl methyl sites for hydroxylation is 2. The van der Waals surface area contributed by atoms with Gasteiger partial charge in [0.25, 0.3) is 0 Å². The average Bonchev–Trinajstić information content (AvgIpc) is 2.66. The zero-order valence-corrected chi connectivity index (χ0v) is 11.7. The highest BCUT2D eigenvalue weighted by molar-refractivity contribution is 7.99. The molecule has 1 aromatic rings. The molecule has 0 aromatic carbocycles. The number of hydrogen-bond donors (Lipinski definition) is 2. The minimum Gasteiger partial charge on any atom is -0.352 e. The lowest BCUT2D eigenvalue weighted by atomic mass is 10.2. The van der Waals surface area contributed by atoms with Crippen LogP contribution in [0, 0.1) is 6.92 Å². The molecule has 1 aromatic heterocycles. The smallest absolute Gasteiger partial charge is 0.221 e. The molecule has 1 fully saturated rings. The highest BCUT2D eigenvalue weighted by Crippen LogP contribution is 2.10. The van der Waals surface area contributed by atoms with Crippen LogP contribution in [0.1, 0.15) is 17.7 Å². The Labute approximate surface area is 112 Å². The van der Waals surface area contributed by atoms with E-state index in [1.54, 1.807) is 4.68 Å². The van der Waals surface area contributed by atoms with Crippen LogP contribution in [-0.4, -0.2) is 39.8 Å². The fourth-order valence-corrected chi connectivity index (χ4v) is 3.01. The van der Waals surface area contributed by atoms with Crippen LogP contribution in [0.15, 0.2) is 6.20 Å². The van der Waals surface area contributed by atoms with Crippen molar-refractivity contribution < 1.29 is 4.79 Å². The van der Waals surface area contributed by atoms with Gasteiger partial charge >= 0.3 is 0 Å². The quantitative estimate of drug-likeness (QED) is 0.832. The van der Waals surface area contributed by atoms with Gasteiger partial charge in [0.05, 0.1) is 5.69 Å². The van der Waals surface area contributed by atoms with Gasteiger partial charge in [0.2, 0.25) is 5.91 Å². The lowest BCUT2D eigenvalue weighted by molar-refractivity contribution is -0.121. The van der Waals surface area contributed by atoms with E-state index in [0.717, 1.165) is 29.3 Å². The molecular formula is C12H20N4OS. The summed E-state index contributed by atoms with van der Waals surface area (Å²) in [7, 11) is 1.89. The van der Waals surface area contributed by atoms with Gasteiger partial charge in [-0.2, -0.15) is 16.9 Å². The van der Waals surface area contributed by atoms with Crippen LogP contribution in [0.2, 0.25) is 0 Å². The van der Waals surface area contributed by atoms with Gasteiger partial charge in [-0.25, -0.2) is 0 Å². The van der Waals surface area contributed by atoms with Crippen LogP contribution >= 0.6 is 11.8 Å². The van der Waals surface area contributed by atoms with E-state index in [2.05, 4.69) is 15.7 Å². The number of aromatic nitrogens is 2. The summed E-state index contributed by atoms with van der Waals surface area (Å²) in [6.07, 6.45) is 2.51. The van der Waals surface area contributed by atoms with Crippen molar-refractivity contribution in [3.63, 3.8) is 0 Å². The zero-order valence-electron chi connectivity index (χ0n) is 10.9. The van der Waals surface area contributed by atoms with Crippen molar-refractivity contribution in [3.05, 3.63) is 17.5 Å². The van der Waals surface area contributed by atoms with Crippen LogP contribution in [0.4, 0.5) is 0 Å². The minimum atomic E-state index is 0.109. The molecule has 1 aliphatic rings. The maximum absolute atomic E-state index is 11.8. The topological polar surface area (TPSA) is 59.0 Å². The summed E-state index contributed by atoms with van der Waals surface area (Å²) in [5.74, 6) is 2.28. The number of carbonyl (C=O) groups is 1. The summed E-state index contributed by atoms with van der Waals surface area (Å²) in [6, 6.07) is 0.318. The SMILES string of the molecule is Cc1nn(C)cc1CNC(=O)CC1CSCCN1. The van der Waals surface area contributed by atoms with E-state index in [4.69, 9.17) is 0 Å². The highest BCUT2D eigenvalue weighted by atomic mass is 32.2. The molecule has 0 radical (unpaired) electrons. The maximum atomic E-state index is 11.8. The van der Waals surface area contributed by atoms with Crippen molar-refractivity contribution in [1.82, 2.24) is 20.4 Å². The molecule has 18 heavy (non-hydrogen) atoms. The van der Waals surface area contributed by atoms with Crippen LogP contribution in [0.25, 0.3) is 0 Å². The van der Waals surface area contributed by atoms with E-state index in [1.807, 2.05) is 31.9 Å². The standard InChI is InChI=1S/C12H20N4OS/c1-9-10(7-16(2)15-9)6-14-12(17)5-11-8-18-4-3-13-11/h7,11,13H,3-6,8H2,1-2H3,(H,14,17). The predicted molar refractivity (Wildman–Crippen MR) is 73.5 cm³/mol. The van der Waals surface area contributed by atoms with Crippen molar-refractivity contribution in [2.75, 3.05) is 18.1 Å². The van der Waals surface area contributed by atoms with Crippen molar-refractivity contribution >= 4 is 17.7 Å². The van der Waals surface area contributed by atoms with E-state index in [9.17, 15) is 4.79 Å². The first-order valence-corrected chi connectivity index (χ1v) is 7.37. The zero-order chi connectivity index (χ0) is 13.0. The monoisotopic (exact) mass is 268 g/mol. The average molecular weight is 268 g/mol. The van der Waals surface area contributed by atoms with Crippen LogP contribution in [-0.2, 0) is 18.4 Å². The first-order chi connectivity index (χ1) is 8.65. The molecule has 0 bridgehead atoms. The Morgan fingerprint density at radius 2 is 2.56 bits per heavy atom. The fraction of sp³-hybridized carbons (Fsp3) is 0.667.